The number of hydrogen-bond acceptors (Lipinski definition) is 6. The first-order valence-electron chi connectivity index (χ1n) is 7.98. The Morgan fingerprint density at radius 3 is 2.56 bits per heavy atom. The smallest absolute Gasteiger partial charge is 0.269 e. The third kappa shape index (κ3) is 2.49. The number of pyridine rings is 1. The molecule has 0 aliphatic carbocycles. The van der Waals surface area contributed by atoms with E-state index in [1.54, 1.807) is 24.3 Å². The zero-order chi connectivity index (χ0) is 19.1. The van der Waals surface area contributed by atoms with Crippen LogP contribution in [-0.4, -0.2) is 9.91 Å². The maximum absolute atomic E-state index is 12.8. The predicted molar refractivity (Wildman–Crippen MR) is 97.0 cm³/mol. The van der Waals surface area contributed by atoms with Crippen LogP contribution in [0, 0.1) is 21.4 Å². The molecule has 2 aromatic carbocycles. The average Bonchev–Trinajstić information content (AvgIpc) is 2.67. The molecule has 1 aromatic heterocycles. The molecule has 0 spiro atoms. The zero-order valence-electron chi connectivity index (χ0n) is 13.8. The molecule has 27 heavy (non-hydrogen) atoms. The summed E-state index contributed by atoms with van der Waals surface area (Å²) in [5.41, 5.74) is 6.90. The van der Waals surface area contributed by atoms with Crippen LogP contribution < -0.4 is 16.0 Å². The molecule has 3 aromatic rings. The van der Waals surface area contributed by atoms with Crippen LogP contribution >= 0.6 is 0 Å². The van der Waals surface area contributed by atoms with Gasteiger partial charge in [0.25, 0.3) is 11.2 Å². The summed E-state index contributed by atoms with van der Waals surface area (Å²) < 4.78 is 5.65. The normalized spacial score (nSPS) is 15.7. The van der Waals surface area contributed by atoms with Gasteiger partial charge < -0.3 is 15.5 Å². The Morgan fingerprint density at radius 2 is 1.89 bits per heavy atom. The number of nitrogens with zero attached hydrogens (tertiary/aromatic N) is 2. The van der Waals surface area contributed by atoms with Crippen LogP contribution in [0.4, 0.5) is 5.69 Å². The number of fused-ring (bicyclic) bond motifs is 3. The molecule has 1 aliphatic heterocycles. The Kier molecular flexibility index (Phi) is 3.63. The van der Waals surface area contributed by atoms with Crippen molar-refractivity contribution in [2.45, 2.75) is 5.92 Å². The highest BCUT2D eigenvalue weighted by molar-refractivity contribution is 5.87. The lowest BCUT2D eigenvalue weighted by Crippen LogP contribution is -2.27. The fourth-order valence-corrected chi connectivity index (χ4v) is 3.29. The van der Waals surface area contributed by atoms with E-state index in [-0.39, 0.29) is 28.5 Å². The second-order valence-corrected chi connectivity index (χ2v) is 6.02. The number of para-hydroxylation sites is 1. The lowest BCUT2D eigenvalue weighted by atomic mass is 9.83. The number of ether oxygens (including phenoxy) is 1. The highest BCUT2D eigenvalue weighted by Crippen LogP contribution is 2.43. The van der Waals surface area contributed by atoms with E-state index < -0.39 is 16.4 Å². The number of nitro groups is 1. The van der Waals surface area contributed by atoms with E-state index in [1.165, 1.54) is 24.3 Å². The summed E-state index contributed by atoms with van der Waals surface area (Å²) in [6.45, 7) is 0. The van der Waals surface area contributed by atoms with Crippen LogP contribution in [-0.2, 0) is 0 Å². The van der Waals surface area contributed by atoms with Gasteiger partial charge in [0, 0.05) is 17.5 Å². The maximum atomic E-state index is 12.8. The second-order valence-electron chi connectivity index (χ2n) is 6.02. The minimum absolute atomic E-state index is 0.0807. The number of non-ortho nitro benzene ring substituents is 1. The number of aromatic nitrogens is 1. The summed E-state index contributed by atoms with van der Waals surface area (Å²) in [5.74, 6) is -0.591. The summed E-state index contributed by atoms with van der Waals surface area (Å²) in [7, 11) is 0. The van der Waals surface area contributed by atoms with Gasteiger partial charge in [0.2, 0.25) is 5.88 Å². The van der Waals surface area contributed by atoms with Gasteiger partial charge in [-0.25, -0.2) is 0 Å². The van der Waals surface area contributed by atoms with Crippen LogP contribution in [0.1, 0.15) is 17.0 Å². The molecule has 0 fully saturated rings. The first-order valence-corrected chi connectivity index (χ1v) is 7.98. The van der Waals surface area contributed by atoms with Gasteiger partial charge in [-0.05, 0) is 17.7 Å². The van der Waals surface area contributed by atoms with Crippen LogP contribution in [0.3, 0.4) is 0 Å². The van der Waals surface area contributed by atoms with Gasteiger partial charge in [-0.1, -0.05) is 24.3 Å². The van der Waals surface area contributed by atoms with Crippen molar-refractivity contribution < 1.29 is 9.66 Å². The number of nitrogens with two attached hydrogens (primary N) is 1. The highest BCUT2D eigenvalue weighted by atomic mass is 16.6. The summed E-state index contributed by atoms with van der Waals surface area (Å²) in [4.78, 5) is 26.0. The molecule has 0 saturated carbocycles. The van der Waals surface area contributed by atoms with Gasteiger partial charge in [-0.3, -0.25) is 14.9 Å². The molecule has 0 amide bonds. The van der Waals surface area contributed by atoms with E-state index in [9.17, 15) is 20.2 Å². The van der Waals surface area contributed by atoms with Crippen molar-refractivity contribution >= 4 is 16.6 Å². The van der Waals surface area contributed by atoms with Gasteiger partial charge in [0.15, 0.2) is 0 Å². The van der Waals surface area contributed by atoms with E-state index in [1.807, 2.05) is 6.07 Å². The lowest BCUT2D eigenvalue weighted by Gasteiger charge is -2.26. The summed E-state index contributed by atoms with van der Waals surface area (Å²) in [6, 6.07) is 14.8. The van der Waals surface area contributed by atoms with Crippen LogP contribution in [0.5, 0.6) is 5.75 Å². The van der Waals surface area contributed by atoms with Crippen molar-refractivity contribution in [3.05, 3.63) is 91.6 Å². The molecule has 8 heteroatoms. The largest absolute Gasteiger partial charge is 0.439 e. The molecule has 0 saturated heterocycles. The Bertz CT molecular complexity index is 1220. The minimum Gasteiger partial charge on any atom is -0.439 e. The topological polar surface area (TPSA) is 135 Å². The molecule has 8 nitrogen and oxygen atoms in total. The average molecular weight is 360 g/mol. The van der Waals surface area contributed by atoms with E-state index in [4.69, 9.17) is 10.5 Å². The zero-order valence-corrected chi connectivity index (χ0v) is 13.8. The summed E-state index contributed by atoms with van der Waals surface area (Å²) in [5, 5.41) is 21.1. The fourth-order valence-electron chi connectivity index (χ4n) is 3.29. The quantitative estimate of drug-likeness (QED) is 0.533. The third-order valence-corrected chi connectivity index (χ3v) is 4.52. The molecular weight excluding hydrogens is 348 g/mol. The molecule has 0 bridgehead atoms. The molecule has 1 aliphatic rings. The minimum atomic E-state index is -0.784. The van der Waals surface area contributed by atoms with Gasteiger partial charge in [-0.2, -0.15) is 5.26 Å². The predicted octanol–water partition coefficient (Wildman–Crippen LogP) is 2.65. The van der Waals surface area contributed by atoms with Crippen molar-refractivity contribution in [1.82, 2.24) is 4.98 Å². The number of nitriles is 1. The molecule has 4 rings (SSSR count). The van der Waals surface area contributed by atoms with Crippen molar-refractivity contribution in [3.63, 3.8) is 0 Å². The molecule has 3 N–H and O–H groups in total. The van der Waals surface area contributed by atoms with E-state index in [2.05, 4.69) is 4.98 Å². The third-order valence-electron chi connectivity index (χ3n) is 4.52. The second kappa shape index (κ2) is 6.00. The summed E-state index contributed by atoms with van der Waals surface area (Å²) >= 11 is 0. The Balaban J connectivity index is 2.01. The molecule has 0 radical (unpaired) electrons. The van der Waals surface area contributed by atoms with Crippen LogP contribution in [0.2, 0.25) is 0 Å². The maximum Gasteiger partial charge on any atom is 0.269 e. The van der Waals surface area contributed by atoms with Crippen molar-refractivity contribution in [1.29, 1.82) is 5.26 Å². The monoisotopic (exact) mass is 360 g/mol. The lowest BCUT2D eigenvalue weighted by molar-refractivity contribution is -0.384. The molecule has 2 heterocycles. The molecule has 0 unspecified atom stereocenters. The number of H-pyrrole nitrogens is 1. The molecule has 1 atom stereocenters. The summed E-state index contributed by atoms with van der Waals surface area (Å²) in [6.07, 6.45) is 0. The van der Waals surface area contributed by atoms with E-state index in [0.717, 1.165) is 0 Å². The number of benzene rings is 2. The number of rotatable bonds is 2. The van der Waals surface area contributed by atoms with Crippen LogP contribution in [0.25, 0.3) is 10.9 Å². The van der Waals surface area contributed by atoms with Gasteiger partial charge in [0.1, 0.15) is 17.4 Å². The number of nitro benzene ring substituents is 1. The first-order chi connectivity index (χ1) is 13.0. The van der Waals surface area contributed by atoms with Gasteiger partial charge in [0.05, 0.1) is 21.9 Å². The van der Waals surface area contributed by atoms with Crippen molar-refractivity contribution in [2.24, 2.45) is 5.73 Å². The number of hydrogen-bond donors (Lipinski definition) is 2. The standard InChI is InChI=1S/C19H12N4O4/c20-9-13-15(10-5-7-11(8-6-10)23(25)26)16-17(27-18(13)21)12-3-1-2-4-14(12)22-19(16)24/h1-8,15H,21H2,(H,22,24)/t15-/m1/s1. The fraction of sp³-hybridized carbons (Fsp3) is 0.0526. The Morgan fingerprint density at radius 1 is 1.19 bits per heavy atom. The number of aromatic amines is 1. The van der Waals surface area contributed by atoms with Gasteiger partial charge in [-0.15, -0.1) is 0 Å². The van der Waals surface area contributed by atoms with Crippen molar-refractivity contribution in [2.75, 3.05) is 0 Å². The van der Waals surface area contributed by atoms with Crippen LogP contribution in [0.15, 0.2) is 64.8 Å². The van der Waals surface area contributed by atoms with E-state index >= 15 is 0 Å². The van der Waals surface area contributed by atoms with Gasteiger partial charge >= 0.3 is 0 Å². The Hall–Kier alpha value is -4.12. The highest BCUT2D eigenvalue weighted by Gasteiger charge is 2.34. The molecule has 132 valence electrons. The first kappa shape index (κ1) is 16.4. The number of nitrogens with one attached hydrogen (secondary N) is 1. The Labute approximate surface area is 152 Å². The van der Waals surface area contributed by atoms with Crippen molar-refractivity contribution in [3.8, 4) is 11.8 Å². The number of allylic oxidation sites excluding steroid dienone is 1. The SMILES string of the molecule is N#CC1=C(N)Oc2c(c(=O)[nH]c3ccccc23)[C@@H]1c1ccc([N+](=O)[O-])cc1. The van der Waals surface area contributed by atoms with E-state index in [0.29, 0.717) is 16.5 Å². The molecular formula is C19H12N4O4.